The van der Waals surface area contributed by atoms with E-state index in [1.54, 1.807) is 30.4 Å². The zero-order chi connectivity index (χ0) is 49.5. The predicted molar refractivity (Wildman–Crippen MR) is 260 cm³/mol. The van der Waals surface area contributed by atoms with Crippen LogP contribution < -0.4 is 0 Å². The number of esters is 2. The molecule has 378 valence electrons. The zero-order valence-corrected chi connectivity index (χ0v) is 40.2. The average molecular weight is 963 g/mol. The molecule has 0 radical (unpaired) electrons. The molecule has 0 amide bonds. The summed E-state index contributed by atoms with van der Waals surface area (Å²) in [6.45, 7) is 2.81. The van der Waals surface area contributed by atoms with Gasteiger partial charge in [0.05, 0.1) is 18.8 Å². The number of aliphatic hydroxyl groups excluding tert-OH is 7. The summed E-state index contributed by atoms with van der Waals surface area (Å²) in [5.74, 6) is -1.44. The Balaban J connectivity index is 2.62. The lowest BCUT2D eigenvalue weighted by Gasteiger charge is -2.41. The molecule has 0 spiro atoms. The summed E-state index contributed by atoms with van der Waals surface area (Å²) in [6.07, 6.45) is 34.6. The number of aliphatic hydroxyl groups is 7. The Morgan fingerprint density at radius 1 is 0.552 bits per heavy atom. The van der Waals surface area contributed by atoms with Crippen LogP contribution in [-0.2, 0) is 32.7 Å². The van der Waals surface area contributed by atoms with Gasteiger partial charge in [-0.25, -0.2) is 4.57 Å². The van der Waals surface area contributed by atoms with Crippen LogP contribution in [-0.4, -0.2) is 121 Å². The number of rotatable bonds is 36. The molecule has 10 atom stereocenters. The van der Waals surface area contributed by atoms with E-state index in [1.165, 1.54) is 0 Å². The fourth-order valence-electron chi connectivity index (χ4n) is 6.17. The Labute approximate surface area is 398 Å². The molecule has 15 nitrogen and oxygen atoms in total. The van der Waals surface area contributed by atoms with Crippen LogP contribution in [0.25, 0.3) is 0 Å². The molecule has 1 rings (SSSR count). The van der Waals surface area contributed by atoms with Crippen molar-refractivity contribution in [1.29, 1.82) is 0 Å². The van der Waals surface area contributed by atoms with Crippen LogP contribution in [0, 0.1) is 0 Å². The minimum atomic E-state index is -5.21. The van der Waals surface area contributed by atoms with Crippen LogP contribution in [0.1, 0.15) is 117 Å². The number of unbranched alkanes of at least 4 members (excludes halogenated alkanes) is 2. The maximum atomic E-state index is 12.8. The molecule has 8 N–H and O–H groups in total. The smallest absolute Gasteiger partial charge is 0.462 e. The molecule has 16 heteroatoms. The molecule has 67 heavy (non-hydrogen) atoms. The lowest BCUT2D eigenvalue weighted by Crippen LogP contribution is -2.64. The van der Waals surface area contributed by atoms with Crippen LogP contribution in [0.5, 0.6) is 0 Å². The highest BCUT2D eigenvalue weighted by atomic mass is 31.2. The summed E-state index contributed by atoms with van der Waals surface area (Å²) in [5.41, 5.74) is 0. The summed E-state index contributed by atoms with van der Waals surface area (Å²) < 4.78 is 33.3. The summed E-state index contributed by atoms with van der Waals surface area (Å²) in [6, 6.07) is 0. The summed E-state index contributed by atoms with van der Waals surface area (Å²) in [5, 5.41) is 70.4. The van der Waals surface area contributed by atoms with Gasteiger partial charge in [0, 0.05) is 12.8 Å². The third kappa shape index (κ3) is 31.8. The van der Waals surface area contributed by atoms with E-state index in [2.05, 4.69) is 62.5 Å². The fourth-order valence-corrected chi connectivity index (χ4v) is 7.14. The van der Waals surface area contributed by atoms with E-state index >= 15 is 0 Å². The Bertz CT molecular complexity index is 1660. The van der Waals surface area contributed by atoms with Crippen molar-refractivity contribution < 1.29 is 73.3 Å². The normalized spacial score (nSPS) is 23.2. The summed E-state index contributed by atoms with van der Waals surface area (Å²) >= 11 is 0. The largest absolute Gasteiger partial charge is 0.472 e. The molecule has 3 unspecified atom stereocenters. The van der Waals surface area contributed by atoms with E-state index in [1.807, 2.05) is 42.5 Å². The first-order chi connectivity index (χ1) is 32.2. The van der Waals surface area contributed by atoms with Gasteiger partial charge < -0.3 is 50.1 Å². The van der Waals surface area contributed by atoms with Crippen molar-refractivity contribution in [3.05, 3.63) is 122 Å². The molecular formula is C51H79O15P. The second kappa shape index (κ2) is 39.1. The molecule has 0 aromatic rings. The first-order valence-electron chi connectivity index (χ1n) is 23.6. The predicted octanol–water partition coefficient (Wildman–Crippen LogP) is 7.33. The average Bonchev–Trinajstić information content (AvgIpc) is 3.30. The van der Waals surface area contributed by atoms with Crippen molar-refractivity contribution >= 4 is 19.8 Å². The topological polar surface area (TPSA) is 250 Å². The third-order valence-corrected chi connectivity index (χ3v) is 11.0. The van der Waals surface area contributed by atoms with Gasteiger partial charge in [0.1, 0.15) is 43.2 Å². The van der Waals surface area contributed by atoms with E-state index in [-0.39, 0.29) is 25.7 Å². The molecule has 1 aliphatic carbocycles. The number of allylic oxidation sites excluding steroid dienone is 18. The van der Waals surface area contributed by atoms with Crippen LogP contribution in [0.3, 0.4) is 0 Å². The monoisotopic (exact) mass is 963 g/mol. The van der Waals surface area contributed by atoms with Crippen molar-refractivity contribution in [2.45, 2.75) is 172 Å². The Morgan fingerprint density at radius 3 is 1.52 bits per heavy atom. The van der Waals surface area contributed by atoms with Gasteiger partial charge in [-0.2, -0.15) is 0 Å². The number of phosphoric ester groups is 1. The summed E-state index contributed by atoms with van der Waals surface area (Å²) in [7, 11) is -5.21. The van der Waals surface area contributed by atoms with E-state index in [0.717, 1.165) is 57.8 Å². The number of carbonyl (C=O) groups is 2. The van der Waals surface area contributed by atoms with Gasteiger partial charge in [-0.15, -0.1) is 0 Å². The van der Waals surface area contributed by atoms with Gasteiger partial charge in [0.15, 0.2) is 6.10 Å². The molecule has 1 saturated carbocycles. The minimum Gasteiger partial charge on any atom is -0.462 e. The van der Waals surface area contributed by atoms with Gasteiger partial charge in [0.2, 0.25) is 0 Å². The van der Waals surface area contributed by atoms with E-state index in [0.29, 0.717) is 19.3 Å². The number of hydrogen-bond acceptors (Lipinski definition) is 14. The van der Waals surface area contributed by atoms with Gasteiger partial charge in [-0.05, 0) is 70.6 Å². The zero-order valence-electron chi connectivity index (χ0n) is 39.4. The number of hydrogen-bond donors (Lipinski definition) is 8. The molecule has 1 fully saturated rings. The molecule has 0 aliphatic heterocycles. The van der Waals surface area contributed by atoms with Gasteiger partial charge in [-0.3, -0.25) is 18.6 Å². The number of phosphoric acid groups is 1. The number of ether oxygens (including phenoxy) is 2. The lowest BCUT2D eigenvalue weighted by atomic mass is 9.85. The highest BCUT2D eigenvalue weighted by molar-refractivity contribution is 7.47. The first kappa shape index (κ1) is 61.2. The van der Waals surface area contributed by atoms with Gasteiger partial charge in [-0.1, -0.05) is 155 Å². The highest BCUT2D eigenvalue weighted by Gasteiger charge is 2.51. The maximum Gasteiger partial charge on any atom is 0.472 e. The highest BCUT2D eigenvalue weighted by Crippen LogP contribution is 2.47. The Morgan fingerprint density at radius 2 is 1.01 bits per heavy atom. The SMILES string of the molecule is CC/C=C\C/C=C\C/C=C\C/C=C\C/C=C\C/C=C\CCC(=O)O[C@H](COC(=O)CCC[C@@H](O)/C=C/C=C\C/C=C\C=C\[C@@H](O)CCCCC)COP(=O)(O)OC1[C@H](O)[C@H](O)C(O)[C@H](O)[C@H]1O. The molecule has 0 saturated heterocycles. The van der Waals surface area contributed by atoms with E-state index in [9.17, 15) is 54.8 Å². The van der Waals surface area contributed by atoms with Crippen LogP contribution in [0.2, 0.25) is 0 Å². The van der Waals surface area contributed by atoms with Crippen molar-refractivity contribution in [1.82, 2.24) is 0 Å². The minimum absolute atomic E-state index is 0.0859. The van der Waals surface area contributed by atoms with Gasteiger partial charge >= 0.3 is 19.8 Å². The Kier molecular flexibility index (Phi) is 35.7. The molecule has 0 bridgehead atoms. The molecule has 0 aromatic heterocycles. The molecule has 1 aliphatic rings. The molecule has 0 heterocycles. The second-order valence-corrected chi connectivity index (χ2v) is 17.3. The van der Waals surface area contributed by atoms with E-state index < -0.39 is 87.9 Å². The molecular weight excluding hydrogens is 884 g/mol. The molecule has 0 aromatic carbocycles. The van der Waals surface area contributed by atoms with Crippen molar-refractivity contribution in [3.63, 3.8) is 0 Å². The van der Waals surface area contributed by atoms with Crippen molar-refractivity contribution in [2.75, 3.05) is 13.2 Å². The first-order valence-corrected chi connectivity index (χ1v) is 25.1. The van der Waals surface area contributed by atoms with Crippen molar-refractivity contribution in [3.8, 4) is 0 Å². The van der Waals surface area contributed by atoms with E-state index in [4.69, 9.17) is 18.5 Å². The van der Waals surface area contributed by atoms with Crippen LogP contribution in [0.4, 0.5) is 0 Å². The Hall–Kier alpha value is -3.83. The lowest BCUT2D eigenvalue weighted by molar-refractivity contribution is -0.220. The standard InChI is InChI=1S/C51H79O15P/c1-3-5-7-8-9-10-11-12-13-14-15-16-17-18-19-20-24-27-31-37-45(55)65-43(40-64-67(61,62)66-51-49(59)47(57)46(56)48(58)50(51)60)39-63-44(54)38-32-36-42(53)35-30-26-23-21-22-25-29-34-41(52)33-28-6-4-2/h5,7,9-10,12-13,15-16,18-19,22-27,29-30,34-35,41-43,46-53,56-60H,3-4,6,8,11,14,17,20-21,28,31-33,36-40H2,1-2H3,(H,61,62)/b7-5-,10-9-,13-12-,16-15-,19-18-,25-22-,26-23-,27-24-,34-29+,35-30+/t41-,42-,43+,46?,47-,48+,49+,50+,51?/m0/s1. The third-order valence-electron chi connectivity index (χ3n) is 10.0. The fraction of sp³-hybridized carbons (Fsp3) is 0.569. The maximum absolute atomic E-state index is 12.8. The van der Waals surface area contributed by atoms with Crippen LogP contribution in [0.15, 0.2) is 122 Å². The quantitative estimate of drug-likeness (QED) is 0.0101. The number of carbonyl (C=O) groups excluding carboxylic acids is 2. The summed E-state index contributed by atoms with van der Waals surface area (Å²) in [4.78, 5) is 35.7. The second-order valence-electron chi connectivity index (χ2n) is 15.9. The van der Waals surface area contributed by atoms with Crippen LogP contribution >= 0.6 is 7.82 Å². The van der Waals surface area contributed by atoms with Crippen molar-refractivity contribution in [2.24, 2.45) is 0 Å². The van der Waals surface area contributed by atoms with Gasteiger partial charge in [0.25, 0.3) is 0 Å².